The molecular formula is C12H16N4. The smallest absolute Gasteiger partial charge is 0.137 e. The second-order valence-electron chi connectivity index (χ2n) is 4.66. The van der Waals surface area contributed by atoms with Crippen LogP contribution in [0.2, 0.25) is 0 Å². The van der Waals surface area contributed by atoms with Crippen LogP contribution in [0.25, 0.3) is 10.9 Å². The van der Waals surface area contributed by atoms with Gasteiger partial charge in [-0.1, -0.05) is 0 Å². The normalized spacial score (nSPS) is 17.6. The third-order valence-electron chi connectivity index (χ3n) is 3.35. The van der Waals surface area contributed by atoms with Gasteiger partial charge in [-0.2, -0.15) is 5.10 Å². The summed E-state index contributed by atoms with van der Waals surface area (Å²) in [5, 5.41) is 11.9. The van der Waals surface area contributed by atoms with Gasteiger partial charge in [-0.25, -0.2) is 4.98 Å². The van der Waals surface area contributed by atoms with Crippen molar-refractivity contribution >= 4 is 16.7 Å². The Morgan fingerprint density at radius 2 is 2.31 bits per heavy atom. The minimum absolute atomic E-state index is 0.507. The number of H-pyrrole nitrogens is 1. The van der Waals surface area contributed by atoms with Crippen molar-refractivity contribution in [1.29, 1.82) is 0 Å². The first-order valence-electron chi connectivity index (χ1n) is 5.82. The molecule has 2 aromatic rings. The van der Waals surface area contributed by atoms with Crippen LogP contribution in [0.5, 0.6) is 0 Å². The molecule has 0 aliphatic heterocycles. The fraction of sp³-hybridized carbons (Fsp3) is 0.500. The fourth-order valence-electron chi connectivity index (χ4n) is 2.16. The minimum Gasteiger partial charge on any atom is -0.367 e. The van der Waals surface area contributed by atoms with Crippen LogP contribution < -0.4 is 5.32 Å². The highest BCUT2D eigenvalue weighted by molar-refractivity contribution is 5.91. The average Bonchev–Trinajstić information content (AvgIpc) is 3.05. The summed E-state index contributed by atoms with van der Waals surface area (Å²) in [6.07, 6.45) is 4.50. The molecule has 4 heteroatoms. The zero-order valence-corrected chi connectivity index (χ0v) is 9.62. The van der Waals surface area contributed by atoms with Gasteiger partial charge in [-0.15, -0.1) is 0 Å². The topological polar surface area (TPSA) is 53.6 Å². The predicted molar refractivity (Wildman–Crippen MR) is 64.4 cm³/mol. The summed E-state index contributed by atoms with van der Waals surface area (Å²) in [5.74, 6) is 1.78. The molecule has 0 aromatic carbocycles. The molecule has 0 saturated heterocycles. The van der Waals surface area contributed by atoms with E-state index in [9.17, 15) is 0 Å². The summed E-state index contributed by atoms with van der Waals surface area (Å²) < 4.78 is 0. The van der Waals surface area contributed by atoms with Gasteiger partial charge in [0.1, 0.15) is 5.82 Å². The molecule has 84 valence electrons. The molecule has 0 radical (unpaired) electrons. The summed E-state index contributed by atoms with van der Waals surface area (Å²) in [6, 6.07) is 2.47. The molecule has 4 nitrogen and oxygen atoms in total. The Morgan fingerprint density at radius 1 is 1.50 bits per heavy atom. The van der Waals surface area contributed by atoms with Crippen LogP contribution in [0, 0.1) is 12.8 Å². The molecule has 0 bridgehead atoms. The zero-order chi connectivity index (χ0) is 11.1. The third-order valence-corrected chi connectivity index (χ3v) is 3.35. The lowest BCUT2D eigenvalue weighted by atomic mass is 10.2. The van der Waals surface area contributed by atoms with E-state index in [0.29, 0.717) is 6.04 Å². The number of hydrogen-bond acceptors (Lipinski definition) is 3. The maximum atomic E-state index is 4.42. The number of pyridine rings is 1. The minimum atomic E-state index is 0.507. The first-order chi connectivity index (χ1) is 7.75. The SMILES string of the molecule is Cc1n[nH]c2ccnc(N[C@@H](C)C3CC3)c12. The van der Waals surface area contributed by atoms with E-state index < -0.39 is 0 Å². The number of aromatic nitrogens is 3. The second-order valence-corrected chi connectivity index (χ2v) is 4.66. The van der Waals surface area contributed by atoms with Gasteiger partial charge in [0.15, 0.2) is 0 Å². The van der Waals surface area contributed by atoms with Crippen LogP contribution >= 0.6 is 0 Å². The van der Waals surface area contributed by atoms with Gasteiger partial charge in [-0.05, 0) is 38.7 Å². The van der Waals surface area contributed by atoms with E-state index in [1.165, 1.54) is 12.8 Å². The molecule has 0 spiro atoms. The quantitative estimate of drug-likeness (QED) is 0.828. The van der Waals surface area contributed by atoms with Crippen LogP contribution in [0.3, 0.4) is 0 Å². The van der Waals surface area contributed by atoms with Gasteiger partial charge in [-0.3, -0.25) is 5.10 Å². The van der Waals surface area contributed by atoms with Crippen molar-refractivity contribution in [3.05, 3.63) is 18.0 Å². The van der Waals surface area contributed by atoms with Crippen LogP contribution in [0.15, 0.2) is 12.3 Å². The Kier molecular flexibility index (Phi) is 2.09. The van der Waals surface area contributed by atoms with Crippen molar-refractivity contribution in [2.24, 2.45) is 5.92 Å². The van der Waals surface area contributed by atoms with Gasteiger partial charge in [0, 0.05) is 12.2 Å². The number of nitrogens with zero attached hydrogens (tertiary/aromatic N) is 2. The van der Waals surface area contributed by atoms with Gasteiger partial charge in [0.25, 0.3) is 0 Å². The van der Waals surface area contributed by atoms with Crippen LogP contribution in [-0.4, -0.2) is 21.2 Å². The van der Waals surface area contributed by atoms with Crippen LogP contribution in [0.1, 0.15) is 25.5 Å². The number of aryl methyl sites for hydroxylation is 1. The molecule has 3 rings (SSSR count). The van der Waals surface area contributed by atoms with E-state index in [2.05, 4.69) is 27.4 Å². The standard InChI is InChI=1S/C12H16N4/c1-7(9-3-4-9)14-12-11-8(2)15-16-10(11)5-6-13-12/h5-7,9H,3-4H2,1-2H3,(H,13,14)(H,15,16)/t7-/m0/s1. The maximum absolute atomic E-state index is 4.42. The van der Waals surface area contributed by atoms with Crippen LogP contribution in [-0.2, 0) is 0 Å². The van der Waals surface area contributed by atoms with Crippen molar-refractivity contribution in [3.63, 3.8) is 0 Å². The molecule has 16 heavy (non-hydrogen) atoms. The molecule has 1 aliphatic rings. The highest BCUT2D eigenvalue weighted by Crippen LogP contribution is 2.34. The Hall–Kier alpha value is -1.58. The second kappa shape index (κ2) is 3.47. The number of fused-ring (bicyclic) bond motifs is 1. The summed E-state index contributed by atoms with van der Waals surface area (Å²) in [5.41, 5.74) is 2.06. The molecule has 2 aromatic heterocycles. The van der Waals surface area contributed by atoms with Crippen molar-refractivity contribution in [3.8, 4) is 0 Å². The molecule has 1 fully saturated rings. The van der Waals surface area contributed by atoms with E-state index in [4.69, 9.17) is 0 Å². The Morgan fingerprint density at radius 3 is 3.06 bits per heavy atom. The Balaban J connectivity index is 1.98. The first kappa shape index (κ1) is 9.63. The molecule has 2 N–H and O–H groups in total. The highest BCUT2D eigenvalue weighted by atomic mass is 15.1. The van der Waals surface area contributed by atoms with E-state index in [0.717, 1.165) is 28.3 Å². The summed E-state index contributed by atoms with van der Waals surface area (Å²) >= 11 is 0. The van der Waals surface area contributed by atoms with E-state index in [1.807, 2.05) is 19.2 Å². The third kappa shape index (κ3) is 1.54. The van der Waals surface area contributed by atoms with Gasteiger partial charge in [0.05, 0.1) is 16.6 Å². The van der Waals surface area contributed by atoms with Crippen molar-refractivity contribution in [2.45, 2.75) is 32.7 Å². The van der Waals surface area contributed by atoms with E-state index in [-0.39, 0.29) is 0 Å². The lowest BCUT2D eigenvalue weighted by Gasteiger charge is -2.14. The number of nitrogens with one attached hydrogen (secondary N) is 2. The lowest BCUT2D eigenvalue weighted by Crippen LogP contribution is -2.18. The Labute approximate surface area is 94.5 Å². The molecule has 0 amide bonds. The summed E-state index contributed by atoms with van der Waals surface area (Å²) in [6.45, 7) is 4.24. The molecule has 1 aliphatic carbocycles. The van der Waals surface area contributed by atoms with Gasteiger partial charge < -0.3 is 5.32 Å². The largest absolute Gasteiger partial charge is 0.367 e. The Bertz CT molecular complexity index is 513. The predicted octanol–water partition coefficient (Wildman–Crippen LogP) is 2.48. The summed E-state index contributed by atoms with van der Waals surface area (Å²) in [7, 11) is 0. The van der Waals surface area contributed by atoms with Gasteiger partial charge >= 0.3 is 0 Å². The zero-order valence-electron chi connectivity index (χ0n) is 9.62. The van der Waals surface area contributed by atoms with Crippen LogP contribution in [0.4, 0.5) is 5.82 Å². The molecule has 1 atom stereocenters. The molecular weight excluding hydrogens is 200 g/mol. The van der Waals surface area contributed by atoms with Crippen molar-refractivity contribution < 1.29 is 0 Å². The number of anilines is 1. The van der Waals surface area contributed by atoms with E-state index in [1.54, 1.807) is 0 Å². The first-order valence-corrected chi connectivity index (χ1v) is 5.82. The van der Waals surface area contributed by atoms with Crippen molar-refractivity contribution in [1.82, 2.24) is 15.2 Å². The fourth-order valence-corrected chi connectivity index (χ4v) is 2.16. The highest BCUT2D eigenvalue weighted by Gasteiger charge is 2.28. The number of aromatic amines is 1. The maximum Gasteiger partial charge on any atom is 0.137 e. The number of hydrogen-bond donors (Lipinski definition) is 2. The monoisotopic (exact) mass is 216 g/mol. The summed E-state index contributed by atoms with van der Waals surface area (Å²) in [4.78, 5) is 4.42. The lowest BCUT2D eigenvalue weighted by molar-refractivity contribution is 0.692. The average molecular weight is 216 g/mol. The van der Waals surface area contributed by atoms with Gasteiger partial charge in [0.2, 0.25) is 0 Å². The molecule has 2 heterocycles. The molecule has 1 saturated carbocycles. The van der Waals surface area contributed by atoms with E-state index >= 15 is 0 Å². The molecule has 0 unspecified atom stereocenters. The van der Waals surface area contributed by atoms with Crippen molar-refractivity contribution in [2.75, 3.05) is 5.32 Å². The number of rotatable bonds is 3.